The number of aromatic nitrogens is 2. The van der Waals surface area contributed by atoms with Gasteiger partial charge in [-0.15, -0.1) is 0 Å². The molecule has 0 bridgehead atoms. The third-order valence-corrected chi connectivity index (χ3v) is 4.29. The molecule has 3 rings (SSSR count). The third-order valence-electron chi connectivity index (χ3n) is 4.29. The molecule has 2 aliphatic rings. The van der Waals surface area contributed by atoms with Gasteiger partial charge in [0.15, 0.2) is 0 Å². The van der Waals surface area contributed by atoms with Gasteiger partial charge >= 0.3 is 0 Å². The van der Waals surface area contributed by atoms with Crippen LogP contribution in [0.4, 0.5) is 0 Å². The fourth-order valence-electron chi connectivity index (χ4n) is 3.10. The Hall–Kier alpha value is -1.16. The van der Waals surface area contributed by atoms with Gasteiger partial charge in [-0.05, 0) is 32.2 Å². The van der Waals surface area contributed by atoms with E-state index in [1.165, 1.54) is 38.5 Å². The fraction of sp³-hybridized carbons (Fsp3) is 0.733. The smallest absolute Gasteiger partial charge is 0.232 e. The molecule has 0 spiro atoms. The number of piperidine rings is 1. The molecule has 4 heteroatoms. The van der Waals surface area contributed by atoms with Crippen LogP contribution in [-0.2, 0) is 0 Å². The summed E-state index contributed by atoms with van der Waals surface area (Å²) in [6.45, 7) is 2.96. The van der Waals surface area contributed by atoms with Crippen LogP contribution in [0.15, 0.2) is 12.4 Å². The molecular formula is C15H23N3O. The summed E-state index contributed by atoms with van der Waals surface area (Å²) in [5, 5.41) is 3.40. The molecular weight excluding hydrogens is 238 g/mol. The molecule has 1 aliphatic heterocycles. The quantitative estimate of drug-likeness (QED) is 0.904. The summed E-state index contributed by atoms with van der Waals surface area (Å²) in [6, 6.07) is 0. The van der Waals surface area contributed by atoms with Crippen molar-refractivity contribution in [2.75, 3.05) is 19.7 Å². The molecule has 1 aliphatic carbocycles. The van der Waals surface area contributed by atoms with E-state index in [4.69, 9.17) is 4.74 Å². The van der Waals surface area contributed by atoms with Crippen molar-refractivity contribution in [3.8, 4) is 5.88 Å². The van der Waals surface area contributed by atoms with Crippen molar-refractivity contribution in [2.24, 2.45) is 5.92 Å². The van der Waals surface area contributed by atoms with Gasteiger partial charge in [0, 0.05) is 18.4 Å². The fourth-order valence-corrected chi connectivity index (χ4v) is 3.10. The van der Waals surface area contributed by atoms with Gasteiger partial charge < -0.3 is 10.1 Å². The van der Waals surface area contributed by atoms with Crippen LogP contribution in [-0.4, -0.2) is 29.7 Å². The Morgan fingerprint density at radius 1 is 1.11 bits per heavy atom. The minimum atomic E-state index is 0.616. The SMILES string of the molecule is c1nc(C2CCCC2)cnc1OCC1CCCNC1. The molecule has 1 saturated carbocycles. The van der Waals surface area contributed by atoms with E-state index >= 15 is 0 Å². The van der Waals surface area contributed by atoms with Crippen LogP contribution in [0.2, 0.25) is 0 Å². The van der Waals surface area contributed by atoms with Gasteiger partial charge in [-0.2, -0.15) is 0 Å². The Kier molecular flexibility index (Phi) is 4.28. The third kappa shape index (κ3) is 3.44. The van der Waals surface area contributed by atoms with Gasteiger partial charge in [-0.25, -0.2) is 4.98 Å². The van der Waals surface area contributed by atoms with Gasteiger partial charge in [0.05, 0.1) is 24.7 Å². The summed E-state index contributed by atoms with van der Waals surface area (Å²) in [4.78, 5) is 8.92. The zero-order valence-electron chi connectivity index (χ0n) is 11.5. The maximum atomic E-state index is 5.75. The lowest BCUT2D eigenvalue weighted by molar-refractivity contribution is 0.211. The first-order valence-corrected chi connectivity index (χ1v) is 7.57. The molecule has 1 atom stereocenters. The zero-order valence-corrected chi connectivity index (χ0v) is 11.5. The van der Waals surface area contributed by atoms with Gasteiger partial charge in [0.2, 0.25) is 5.88 Å². The Bertz CT molecular complexity index is 381. The molecule has 19 heavy (non-hydrogen) atoms. The molecule has 0 radical (unpaired) electrons. The van der Waals surface area contributed by atoms with Crippen LogP contribution in [0.5, 0.6) is 5.88 Å². The molecule has 2 heterocycles. The molecule has 1 aromatic rings. The number of hydrogen-bond donors (Lipinski definition) is 1. The van der Waals surface area contributed by atoms with Gasteiger partial charge in [0.25, 0.3) is 0 Å². The zero-order chi connectivity index (χ0) is 12.9. The van der Waals surface area contributed by atoms with E-state index in [1.807, 2.05) is 6.20 Å². The number of nitrogens with zero attached hydrogens (tertiary/aromatic N) is 2. The molecule has 1 unspecified atom stereocenters. The summed E-state index contributed by atoms with van der Waals surface area (Å²) < 4.78 is 5.75. The minimum Gasteiger partial charge on any atom is -0.476 e. The highest BCUT2D eigenvalue weighted by atomic mass is 16.5. The second kappa shape index (κ2) is 6.33. The van der Waals surface area contributed by atoms with Crippen molar-refractivity contribution in [3.05, 3.63) is 18.1 Å². The van der Waals surface area contributed by atoms with E-state index in [1.54, 1.807) is 6.20 Å². The first kappa shape index (κ1) is 12.9. The highest BCUT2D eigenvalue weighted by molar-refractivity contribution is 5.11. The van der Waals surface area contributed by atoms with Crippen LogP contribution in [0.1, 0.15) is 50.1 Å². The number of hydrogen-bond acceptors (Lipinski definition) is 4. The molecule has 1 aromatic heterocycles. The number of rotatable bonds is 4. The van der Waals surface area contributed by atoms with E-state index in [0.717, 1.165) is 25.4 Å². The average molecular weight is 261 g/mol. The minimum absolute atomic E-state index is 0.616. The Balaban J connectivity index is 1.50. The first-order valence-electron chi connectivity index (χ1n) is 7.57. The predicted octanol–water partition coefficient (Wildman–Crippen LogP) is 2.51. The maximum Gasteiger partial charge on any atom is 0.232 e. The van der Waals surface area contributed by atoms with E-state index in [0.29, 0.717) is 17.7 Å². The maximum absolute atomic E-state index is 5.75. The van der Waals surface area contributed by atoms with Crippen molar-refractivity contribution in [1.29, 1.82) is 0 Å². The Morgan fingerprint density at radius 3 is 2.68 bits per heavy atom. The highest BCUT2D eigenvalue weighted by Crippen LogP contribution is 2.32. The molecule has 1 N–H and O–H groups in total. The van der Waals surface area contributed by atoms with Gasteiger partial charge in [-0.1, -0.05) is 12.8 Å². The summed E-state index contributed by atoms with van der Waals surface area (Å²) in [6.07, 6.45) is 11.4. The van der Waals surface area contributed by atoms with Gasteiger partial charge in [0.1, 0.15) is 0 Å². The van der Waals surface area contributed by atoms with E-state index < -0.39 is 0 Å². The normalized spacial score (nSPS) is 24.5. The van der Waals surface area contributed by atoms with Crippen molar-refractivity contribution >= 4 is 0 Å². The van der Waals surface area contributed by atoms with E-state index in [2.05, 4.69) is 15.3 Å². The summed E-state index contributed by atoms with van der Waals surface area (Å²) in [5.41, 5.74) is 1.14. The molecule has 1 saturated heterocycles. The molecule has 4 nitrogen and oxygen atoms in total. The highest BCUT2D eigenvalue weighted by Gasteiger charge is 2.19. The summed E-state index contributed by atoms with van der Waals surface area (Å²) >= 11 is 0. The topological polar surface area (TPSA) is 47.0 Å². The van der Waals surface area contributed by atoms with Gasteiger partial charge in [-0.3, -0.25) is 4.98 Å². The number of nitrogens with one attached hydrogen (secondary N) is 1. The second-order valence-electron chi connectivity index (χ2n) is 5.78. The van der Waals surface area contributed by atoms with Crippen molar-refractivity contribution in [1.82, 2.24) is 15.3 Å². The summed E-state index contributed by atoms with van der Waals surface area (Å²) in [7, 11) is 0. The average Bonchev–Trinajstić information content (AvgIpc) is 3.01. The van der Waals surface area contributed by atoms with Crippen LogP contribution in [0.25, 0.3) is 0 Å². The van der Waals surface area contributed by atoms with Crippen LogP contribution >= 0.6 is 0 Å². The second-order valence-corrected chi connectivity index (χ2v) is 5.78. The predicted molar refractivity (Wildman–Crippen MR) is 74.3 cm³/mol. The Labute approximate surface area is 115 Å². The lowest BCUT2D eigenvalue weighted by Gasteiger charge is -2.22. The molecule has 2 fully saturated rings. The van der Waals surface area contributed by atoms with Crippen molar-refractivity contribution in [3.63, 3.8) is 0 Å². The Morgan fingerprint density at radius 2 is 2.00 bits per heavy atom. The van der Waals surface area contributed by atoms with Crippen LogP contribution in [0.3, 0.4) is 0 Å². The van der Waals surface area contributed by atoms with Crippen molar-refractivity contribution < 1.29 is 4.74 Å². The largest absolute Gasteiger partial charge is 0.476 e. The van der Waals surface area contributed by atoms with E-state index in [9.17, 15) is 0 Å². The van der Waals surface area contributed by atoms with Crippen LogP contribution in [0, 0.1) is 5.92 Å². The lowest BCUT2D eigenvalue weighted by Crippen LogP contribution is -2.33. The summed E-state index contributed by atoms with van der Waals surface area (Å²) in [5.74, 6) is 1.92. The van der Waals surface area contributed by atoms with Crippen molar-refractivity contribution in [2.45, 2.75) is 44.4 Å². The molecule has 0 aromatic carbocycles. The standard InChI is InChI=1S/C15H23N3O/c1-2-6-13(5-1)14-9-18-15(10-17-14)19-11-12-4-3-7-16-8-12/h9-10,12-13,16H,1-8,11H2. The molecule has 104 valence electrons. The molecule has 0 amide bonds. The number of ether oxygens (including phenoxy) is 1. The van der Waals surface area contributed by atoms with Crippen LogP contribution < -0.4 is 10.1 Å². The monoisotopic (exact) mass is 261 g/mol. The lowest BCUT2D eigenvalue weighted by atomic mass is 10.0. The first-order chi connectivity index (χ1) is 9.42. The van der Waals surface area contributed by atoms with E-state index in [-0.39, 0.29) is 0 Å².